The van der Waals surface area contributed by atoms with Crippen molar-refractivity contribution in [3.8, 4) is 11.5 Å². The molecular weight excluding hydrogens is 244 g/mol. The summed E-state index contributed by atoms with van der Waals surface area (Å²) in [6.45, 7) is 1.78. The number of ether oxygens (including phenoxy) is 1. The minimum absolute atomic E-state index is 0.0299. The van der Waals surface area contributed by atoms with Crippen molar-refractivity contribution in [2.24, 2.45) is 0 Å². The molecule has 0 saturated carbocycles. The SMILES string of the molecule is CNc1ccc(Oc2c(C)cccc2[N+](=O)[O-])cc1. The molecule has 5 heteroatoms. The van der Waals surface area contributed by atoms with Gasteiger partial charge in [0.2, 0.25) is 5.75 Å². The van der Waals surface area contributed by atoms with Crippen molar-refractivity contribution >= 4 is 11.4 Å². The average Bonchev–Trinajstić information content (AvgIpc) is 2.41. The van der Waals surface area contributed by atoms with E-state index in [2.05, 4.69) is 5.32 Å². The number of nitrogens with zero attached hydrogens (tertiary/aromatic N) is 1. The van der Waals surface area contributed by atoms with E-state index < -0.39 is 4.92 Å². The zero-order chi connectivity index (χ0) is 13.8. The molecule has 2 rings (SSSR count). The van der Waals surface area contributed by atoms with Crippen LogP contribution in [0.5, 0.6) is 11.5 Å². The number of nitrogens with one attached hydrogen (secondary N) is 1. The maximum Gasteiger partial charge on any atom is 0.311 e. The zero-order valence-corrected chi connectivity index (χ0v) is 10.7. The Labute approximate surface area is 111 Å². The van der Waals surface area contributed by atoms with E-state index >= 15 is 0 Å². The number of para-hydroxylation sites is 1. The van der Waals surface area contributed by atoms with Crippen molar-refractivity contribution in [1.82, 2.24) is 0 Å². The van der Waals surface area contributed by atoms with E-state index in [-0.39, 0.29) is 11.4 Å². The maximum atomic E-state index is 11.0. The van der Waals surface area contributed by atoms with E-state index in [1.807, 2.05) is 19.2 Å². The van der Waals surface area contributed by atoms with Gasteiger partial charge >= 0.3 is 5.69 Å². The summed E-state index contributed by atoms with van der Waals surface area (Å²) in [5.41, 5.74) is 1.65. The van der Waals surface area contributed by atoms with Crippen LogP contribution in [0.2, 0.25) is 0 Å². The summed E-state index contributed by atoms with van der Waals surface area (Å²) in [7, 11) is 1.82. The lowest BCUT2D eigenvalue weighted by Crippen LogP contribution is -1.95. The van der Waals surface area contributed by atoms with Crippen LogP contribution in [0.1, 0.15) is 5.56 Å². The molecule has 0 heterocycles. The van der Waals surface area contributed by atoms with E-state index in [0.717, 1.165) is 11.3 Å². The predicted molar refractivity (Wildman–Crippen MR) is 73.9 cm³/mol. The molecule has 0 aromatic heterocycles. The molecular formula is C14H14N2O3. The van der Waals surface area contributed by atoms with Gasteiger partial charge in [0, 0.05) is 18.8 Å². The van der Waals surface area contributed by atoms with E-state index in [1.165, 1.54) is 6.07 Å². The number of hydrogen-bond donors (Lipinski definition) is 1. The number of aryl methyl sites for hydroxylation is 1. The van der Waals surface area contributed by atoms with Crippen LogP contribution in [0.4, 0.5) is 11.4 Å². The van der Waals surface area contributed by atoms with Crippen molar-refractivity contribution in [3.05, 3.63) is 58.1 Å². The molecule has 0 amide bonds. The van der Waals surface area contributed by atoms with Crippen LogP contribution in [-0.4, -0.2) is 12.0 Å². The average molecular weight is 258 g/mol. The van der Waals surface area contributed by atoms with Crippen LogP contribution in [0.3, 0.4) is 0 Å². The van der Waals surface area contributed by atoms with Crippen molar-refractivity contribution in [1.29, 1.82) is 0 Å². The van der Waals surface area contributed by atoms with Crippen molar-refractivity contribution in [2.45, 2.75) is 6.92 Å². The summed E-state index contributed by atoms with van der Waals surface area (Å²) >= 11 is 0. The molecule has 0 atom stereocenters. The van der Waals surface area contributed by atoms with Gasteiger partial charge < -0.3 is 10.1 Å². The number of nitro groups is 1. The molecule has 0 aliphatic carbocycles. The van der Waals surface area contributed by atoms with Gasteiger partial charge in [0.1, 0.15) is 5.75 Å². The van der Waals surface area contributed by atoms with Gasteiger partial charge in [-0.05, 0) is 36.8 Å². The second-order valence-corrected chi connectivity index (χ2v) is 4.06. The summed E-state index contributed by atoms with van der Waals surface area (Å²) < 4.78 is 5.63. The first-order valence-corrected chi connectivity index (χ1v) is 5.81. The minimum atomic E-state index is -0.440. The Morgan fingerprint density at radius 2 is 1.84 bits per heavy atom. The highest BCUT2D eigenvalue weighted by Gasteiger charge is 2.17. The lowest BCUT2D eigenvalue weighted by atomic mass is 10.2. The summed E-state index contributed by atoms with van der Waals surface area (Å²) in [6, 6.07) is 12.1. The highest BCUT2D eigenvalue weighted by Crippen LogP contribution is 2.34. The van der Waals surface area contributed by atoms with E-state index in [9.17, 15) is 10.1 Å². The molecule has 0 aliphatic heterocycles. The van der Waals surface area contributed by atoms with Gasteiger partial charge in [0.15, 0.2) is 0 Å². The third-order valence-electron chi connectivity index (χ3n) is 2.75. The maximum absolute atomic E-state index is 11.0. The second kappa shape index (κ2) is 5.39. The Morgan fingerprint density at radius 3 is 2.42 bits per heavy atom. The van der Waals surface area contributed by atoms with Crippen molar-refractivity contribution in [3.63, 3.8) is 0 Å². The van der Waals surface area contributed by atoms with Crippen LogP contribution in [0, 0.1) is 17.0 Å². The predicted octanol–water partition coefficient (Wildman–Crippen LogP) is 3.74. The molecule has 0 aliphatic rings. The fourth-order valence-corrected chi connectivity index (χ4v) is 1.72. The Bertz CT molecular complexity index is 594. The normalized spacial score (nSPS) is 10.0. The monoisotopic (exact) mass is 258 g/mol. The Balaban J connectivity index is 2.34. The molecule has 2 aromatic carbocycles. The van der Waals surface area contributed by atoms with Gasteiger partial charge in [0.25, 0.3) is 0 Å². The first-order valence-electron chi connectivity index (χ1n) is 5.81. The van der Waals surface area contributed by atoms with Crippen molar-refractivity contribution in [2.75, 3.05) is 12.4 Å². The number of benzene rings is 2. The summed E-state index contributed by atoms with van der Waals surface area (Å²) in [4.78, 5) is 10.5. The van der Waals surface area contributed by atoms with E-state index in [0.29, 0.717) is 5.75 Å². The number of hydrogen-bond acceptors (Lipinski definition) is 4. The topological polar surface area (TPSA) is 64.4 Å². The lowest BCUT2D eigenvalue weighted by Gasteiger charge is -2.09. The number of anilines is 1. The Hall–Kier alpha value is -2.56. The molecule has 98 valence electrons. The van der Waals surface area contributed by atoms with Gasteiger partial charge in [0.05, 0.1) is 4.92 Å². The Kier molecular flexibility index (Phi) is 3.66. The van der Waals surface area contributed by atoms with E-state index in [4.69, 9.17) is 4.74 Å². The molecule has 5 nitrogen and oxygen atoms in total. The van der Waals surface area contributed by atoms with Gasteiger partial charge in [-0.25, -0.2) is 0 Å². The van der Waals surface area contributed by atoms with Gasteiger partial charge in [-0.15, -0.1) is 0 Å². The third kappa shape index (κ3) is 2.82. The molecule has 0 bridgehead atoms. The third-order valence-corrected chi connectivity index (χ3v) is 2.75. The second-order valence-electron chi connectivity index (χ2n) is 4.06. The lowest BCUT2D eigenvalue weighted by molar-refractivity contribution is -0.385. The zero-order valence-electron chi connectivity index (χ0n) is 10.7. The molecule has 19 heavy (non-hydrogen) atoms. The van der Waals surface area contributed by atoms with Crippen LogP contribution >= 0.6 is 0 Å². The molecule has 0 spiro atoms. The minimum Gasteiger partial charge on any atom is -0.450 e. The molecule has 0 saturated heterocycles. The molecule has 0 fully saturated rings. The van der Waals surface area contributed by atoms with Crippen LogP contribution in [0.25, 0.3) is 0 Å². The summed E-state index contributed by atoms with van der Waals surface area (Å²) in [6.07, 6.45) is 0. The standard InChI is InChI=1S/C14H14N2O3/c1-10-4-3-5-13(16(17)18)14(10)19-12-8-6-11(15-2)7-9-12/h3-9,15H,1-2H3. The van der Waals surface area contributed by atoms with Crippen molar-refractivity contribution < 1.29 is 9.66 Å². The van der Waals surface area contributed by atoms with E-state index in [1.54, 1.807) is 31.2 Å². The molecule has 2 aromatic rings. The smallest absolute Gasteiger partial charge is 0.311 e. The van der Waals surface area contributed by atoms with Gasteiger partial charge in [-0.3, -0.25) is 10.1 Å². The van der Waals surface area contributed by atoms with Crippen LogP contribution < -0.4 is 10.1 Å². The quantitative estimate of drug-likeness (QED) is 0.670. The summed E-state index contributed by atoms with van der Waals surface area (Å²) in [5.74, 6) is 0.848. The fraction of sp³-hybridized carbons (Fsp3) is 0.143. The molecule has 0 radical (unpaired) electrons. The van der Waals surface area contributed by atoms with Crippen LogP contribution in [0.15, 0.2) is 42.5 Å². The molecule has 0 unspecified atom stereocenters. The summed E-state index contributed by atoms with van der Waals surface area (Å²) in [5, 5.41) is 14.0. The number of rotatable bonds is 4. The molecule has 1 N–H and O–H groups in total. The van der Waals surface area contributed by atoms with Gasteiger partial charge in [-0.1, -0.05) is 12.1 Å². The highest BCUT2D eigenvalue weighted by atomic mass is 16.6. The fourth-order valence-electron chi connectivity index (χ4n) is 1.72. The first kappa shape index (κ1) is 12.9. The largest absolute Gasteiger partial charge is 0.450 e. The van der Waals surface area contributed by atoms with Crippen LogP contribution in [-0.2, 0) is 0 Å². The highest BCUT2D eigenvalue weighted by molar-refractivity contribution is 5.54. The van der Waals surface area contributed by atoms with Gasteiger partial charge in [-0.2, -0.15) is 0 Å². The number of nitro benzene ring substituents is 1. The first-order chi connectivity index (χ1) is 9.11. The Morgan fingerprint density at radius 1 is 1.16 bits per heavy atom.